The standard InChI is InChI=1S/C22H24O6/c1-10-7-21(2)12(5-6-13(21)23)15-16(10)22(3)14(9-26-4)28-20(25)11-8-27-19(17(11)22)18(15)24/h8,10,12,14H,5-7,9H2,1-4H3/t10-,12?,14-,21?,22?/m1/s1. The lowest BCUT2D eigenvalue weighted by atomic mass is 9.52. The molecule has 0 saturated heterocycles. The Morgan fingerprint density at radius 2 is 2.00 bits per heavy atom. The summed E-state index contributed by atoms with van der Waals surface area (Å²) in [6, 6.07) is 0. The van der Waals surface area contributed by atoms with Gasteiger partial charge in [-0.25, -0.2) is 4.79 Å². The van der Waals surface area contributed by atoms with Gasteiger partial charge in [-0.05, 0) is 31.3 Å². The predicted molar refractivity (Wildman–Crippen MR) is 98.1 cm³/mol. The van der Waals surface area contributed by atoms with Gasteiger partial charge in [-0.2, -0.15) is 0 Å². The summed E-state index contributed by atoms with van der Waals surface area (Å²) in [5.74, 6) is -0.284. The molecule has 0 bridgehead atoms. The smallest absolute Gasteiger partial charge is 0.342 e. The van der Waals surface area contributed by atoms with Gasteiger partial charge in [-0.1, -0.05) is 13.8 Å². The normalized spacial score (nSPS) is 38.9. The zero-order chi connectivity index (χ0) is 20.0. The van der Waals surface area contributed by atoms with Gasteiger partial charge in [-0.15, -0.1) is 0 Å². The van der Waals surface area contributed by atoms with E-state index in [9.17, 15) is 14.4 Å². The number of ether oxygens (including phenoxy) is 2. The maximum atomic E-state index is 13.6. The number of allylic oxidation sites excluding steroid dienone is 1. The van der Waals surface area contributed by atoms with Crippen LogP contribution in [0.15, 0.2) is 21.8 Å². The minimum atomic E-state index is -0.697. The first-order chi connectivity index (χ1) is 13.2. The van der Waals surface area contributed by atoms with E-state index in [-0.39, 0.29) is 35.8 Å². The van der Waals surface area contributed by atoms with Crippen LogP contribution in [0.1, 0.15) is 66.5 Å². The molecule has 3 unspecified atom stereocenters. The second-order valence-electron chi connectivity index (χ2n) is 9.10. The highest BCUT2D eigenvalue weighted by Crippen LogP contribution is 2.62. The molecule has 1 aliphatic heterocycles. The molecular weight excluding hydrogens is 360 g/mol. The molecule has 28 heavy (non-hydrogen) atoms. The van der Waals surface area contributed by atoms with Crippen LogP contribution in [0.3, 0.4) is 0 Å². The summed E-state index contributed by atoms with van der Waals surface area (Å²) in [4.78, 5) is 38.8. The van der Waals surface area contributed by atoms with Gasteiger partial charge in [0.25, 0.3) is 0 Å². The molecule has 5 atom stereocenters. The molecule has 148 valence electrons. The lowest BCUT2D eigenvalue weighted by Gasteiger charge is -2.52. The number of hydrogen-bond donors (Lipinski definition) is 0. The third-order valence-corrected chi connectivity index (χ3v) is 7.68. The number of rotatable bonds is 2. The van der Waals surface area contributed by atoms with Gasteiger partial charge in [0, 0.05) is 36.0 Å². The number of fused-ring (bicyclic) bond motifs is 3. The van der Waals surface area contributed by atoms with Crippen LogP contribution in [0.5, 0.6) is 0 Å². The minimum absolute atomic E-state index is 0.0132. The highest BCUT2D eigenvalue weighted by atomic mass is 16.6. The average molecular weight is 384 g/mol. The maximum absolute atomic E-state index is 13.6. The molecule has 0 spiro atoms. The van der Waals surface area contributed by atoms with Crippen molar-refractivity contribution in [2.45, 2.75) is 51.6 Å². The fraction of sp³-hybridized carbons (Fsp3) is 0.591. The topological polar surface area (TPSA) is 82.8 Å². The first kappa shape index (κ1) is 17.9. The molecule has 6 heteroatoms. The number of carbonyl (C=O) groups excluding carboxylic acids is 3. The van der Waals surface area contributed by atoms with Crippen LogP contribution in [-0.2, 0) is 19.7 Å². The van der Waals surface area contributed by atoms with Gasteiger partial charge in [0.2, 0.25) is 5.78 Å². The molecule has 0 aromatic carbocycles. The Balaban J connectivity index is 1.82. The summed E-state index contributed by atoms with van der Waals surface area (Å²) in [5.41, 5.74) is 1.46. The third kappa shape index (κ3) is 1.85. The van der Waals surface area contributed by atoms with Crippen molar-refractivity contribution in [1.29, 1.82) is 0 Å². The van der Waals surface area contributed by atoms with E-state index in [4.69, 9.17) is 13.9 Å². The number of cyclic esters (lactones) is 1. The molecule has 0 amide bonds. The Morgan fingerprint density at radius 1 is 1.25 bits per heavy atom. The fourth-order valence-corrected chi connectivity index (χ4v) is 6.50. The second-order valence-corrected chi connectivity index (χ2v) is 9.10. The molecule has 0 N–H and O–H groups in total. The first-order valence-corrected chi connectivity index (χ1v) is 9.89. The molecule has 1 aromatic rings. The van der Waals surface area contributed by atoms with Crippen molar-refractivity contribution in [2.75, 3.05) is 13.7 Å². The monoisotopic (exact) mass is 384 g/mol. The maximum Gasteiger partial charge on any atom is 0.342 e. The average Bonchev–Trinajstić information content (AvgIpc) is 3.21. The third-order valence-electron chi connectivity index (χ3n) is 7.68. The van der Waals surface area contributed by atoms with Crippen LogP contribution in [-0.4, -0.2) is 37.4 Å². The Morgan fingerprint density at radius 3 is 2.71 bits per heavy atom. The summed E-state index contributed by atoms with van der Waals surface area (Å²) < 4.78 is 16.8. The molecule has 5 rings (SSSR count). The lowest BCUT2D eigenvalue weighted by molar-refractivity contribution is -0.127. The van der Waals surface area contributed by atoms with Crippen LogP contribution in [0, 0.1) is 17.3 Å². The van der Waals surface area contributed by atoms with E-state index >= 15 is 0 Å². The number of carbonyl (C=O) groups is 3. The van der Waals surface area contributed by atoms with Crippen LogP contribution < -0.4 is 0 Å². The van der Waals surface area contributed by atoms with Crippen molar-refractivity contribution in [2.24, 2.45) is 17.3 Å². The highest BCUT2D eigenvalue weighted by Gasteiger charge is 2.62. The van der Waals surface area contributed by atoms with Gasteiger partial charge in [0.05, 0.1) is 12.0 Å². The van der Waals surface area contributed by atoms with Crippen molar-refractivity contribution in [1.82, 2.24) is 0 Å². The largest absolute Gasteiger partial charge is 0.460 e. The van der Waals surface area contributed by atoms with Crippen molar-refractivity contribution >= 4 is 17.5 Å². The van der Waals surface area contributed by atoms with Crippen molar-refractivity contribution in [3.63, 3.8) is 0 Å². The van der Waals surface area contributed by atoms with E-state index in [2.05, 4.69) is 6.92 Å². The van der Waals surface area contributed by atoms with E-state index in [1.165, 1.54) is 6.26 Å². The summed E-state index contributed by atoms with van der Waals surface area (Å²) >= 11 is 0. The van der Waals surface area contributed by atoms with Gasteiger partial charge in [-0.3, -0.25) is 9.59 Å². The lowest BCUT2D eigenvalue weighted by Crippen LogP contribution is -2.55. The van der Waals surface area contributed by atoms with Crippen LogP contribution in [0.25, 0.3) is 0 Å². The quantitative estimate of drug-likeness (QED) is 0.728. The van der Waals surface area contributed by atoms with Gasteiger partial charge >= 0.3 is 5.97 Å². The fourth-order valence-electron chi connectivity index (χ4n) is 6.50. The highest BCUT2D eigenvalue weighted by molar-refractivity contribution is 6.14. The zero-order valence-corrected chi connectivity index (χ0v) is 16.6. The Labute approximate surface area is 163 Å². The van der Waals surface area contributed by atoms with Crippen molar-refractivity contribution < 1.29 is 28.3 Å². The number of ketones is 2. The van der Waals surface area contributed by atoms with Crippen LogP contribution >= 0.6 is 0 Å². The second kappa shape index (κ2) is 5.44. The number of methoxy groups -OCH3 is 1. The Bertz CT molecular complexity index is 968. The van der Waals surface area contributed by atoms with E-state index < -0.39 is 22.9 Å². The SMILES string of the molecule is COC[C@H]1OC(=O)c2coc3c2C1(C)C1=C(C3=O)C2CCC(=O)C2(C)C[C@H]1C. The van der Waals surface area contributed by atoms with Crippen molar-refractivity contribution in [3.8, 4) is 0 Å². The molecular formula is C22H24O6. The summed E-state index contributed by atoms with van der Waals surface area (Å²) in [6.45, 7) is 6.33. The number of Topliss-reactive ketones (excluding diaryl/α,β-unsaturated/α-hetero) is 2. The van der Waals surface area contributed by atoms with E-state index in [1.54, 1.807) is 7.11 Å². The molecule has 6 nitrogen and oxygen atoms in total. The molecule has 0 radical (unpaired) electrons. The molecule has 2 heterocycles. The summed E-state index contributed by atoms with van der Waals surface area (Å²) in [5, 5.41) is 0. The molecule has 4 aliphatic rings. The Kier molecular flexibility index (Phi) is 3.47. The van der Waals surface area contributed by atoms with Gasteiger partial charge in [0.1, 0.15) is 23.7 Å². The summed E-state index contributed by atoms with van der Waals surface area (Å²) in [7, 11) is 1.57. The van der Waals surface area contributed by atoms with Crippen molar-refractivity contribution in [3.05, 3.63) is 34.3 Å². The van der Waals surface area contributed by atoms with E-state index in [1.807, 2.05) is 13.8 Å². The van der Waals surface area contributed by atoms with E-state index in [0.29, 0.717) is 36.0 Å². The van der Waals surface area contributed by atoms with Gasteiger partial charge in [0.15, 0.2) is 5.76 Å². The molecule has 1 fully saturated rings. The zero-order valence-electron chi connectivity index (χ0n) is 16.6. The van der Waals surface area contributed by atoms with E-state index in [0.717, 1.165) is 5.57 Å². The number of furan rings is 1. The predicted octanol–water partition coefficient (Wildman–Crippen LogP) is 3.24. The van der Waals surface area contributed by atoms with Crippen LogP contribution in [0.2, 0.25) is 0 Å². The Hall–Kier alpha value is -2.21. The molecule has 1 saturated carbocycles. The summed E-state index contributed by atoms with van der Waals surface area (Å²) in [6.07, 6.45) is 2.68. The minimum Gasteiger partial charge on any atom is -0.460 e. The van der Waals surface area contributed by atoms with Crippen LogP contribution in [0.4, 0.5) is 0 Å². The van der Waals surface area contributed by atoms with Gasteiger partial charge < -0.3 is 13.9 Å². The molecule has 1 aromatic heterocycles. The molecule has 3 aliphatic carbocycles. The number of esters is 1. The number of hydrogen-bond acceptors (Lipinski definition) is 6. The first-order valence-electron chi connectivity index (χ1n) is 9.89.